The summed E-state index contributed by atoms with van der Waals surface area (Å²) in [5, 5.41) is 11.3. The summed E-state index contributed by atoms with van der Waals surface area (Å²) < 4.78 is 8.24. The quantitative estimate of drug-likeness (QED) is 0.773. The van der Waals surface area contributed by atoms with E-state index in [9.17, 15) is 4.79 Å². The predicted molar refractivity (Wildman–Crippen MR) is 91.1 cm³/mol. The standard InChI is InChI=1S/C16H19N7O2/c1-9-6-13(18-11(3)17-9)23-14(7-10(2)20-23)19-15(24)12-8-22(4)21-16(12)25-5/h6-8H,1-5H3,(H,19,24). The van der Waals surface area contributed by atoms with Crippen LogP contribution in [0.2, 0.25) is 0 Å². The first-order valence-corrected chi connectivity index (χ1v) is 7.65. The lowest BCUT2D eigenvalue weighted by molar-refractivity contribution is 0.102. The molecule has 0 saturated heterocycles. The molecule has 9 nitrogen and oxygen atoms in total. The van der Waals surface area contributed by atoms with Crippen LogP contribution in [-0.2, 0) is 7.05 Å². The molecule has 3 heterocycles. The molecule has 1 amide bonds. The maximum atomic E-state index is 12.6. The van der Waals surface area contributed by atoms with Gasteiger partial charge in [-0.05, 0) is 20.8 Å². The zero-order valence-corrected chi connectivity index (χ0v) is 14.7. The number of hydrogen-bond donors (Lipinski definition) is 1. The topological polar surface area (TPSA) is 99.8 Å². The highest BCUT2D eigenvalue weighted by atomic mass is 16.5. The first-order valence-electron chi connectivity index (χ1n) is 7.65. The molecular formula is C16H19N7O2. The van der Waals surface area contributed by atoms with E-state index in [0.717, 1.165) is 11.4 Å². The van der Waals surface area contributed by atoms with Crippen LogP contribution < -0.4 is 10.1 Å². The second-order valence-electron chi connectivity index (χ2n) is 5.68. The van der Waals surface area contributed by atoms with E-state index in [2.05, 4.69) is 25.5 Å². The summed E-state index contributed by atoms with van der Waals surface area (Å²) in [7, 11) is 3.19. The summed E-state index contributed by atoms with van der Waals surface area (Å²) in [6, 6.07) is 3.58. The van der Waals surface area contributed by atoms with E-state index in [4.69, 9.17) is 4.74 Å². The van der Waals surface area contributed by atoms with Gasteiger partial charge in [-0.15, -0.1) is 5.10 Å². The van der Waals surface area contributed by atoms with Crippen molar-refractivity contribution >= 4 is 11.7 Å². The Labute approximate surface area is 144 Å². The first kappa shape index (κ1) is 16.6. The Kier molecular flexibility index (Phi) is 4.22. The molecule has 3 aromatic rings. The van der Waals surface area contributed by atoms with Crippen molar-refractivity contribution < 1.29 is 9.53 Å². The second-order valence-corrected chi connectivity index (χ2v) is 5.68. The molecule has 1 N–H and O–H groups in total. The molecule has 0 aliphatic heterocycles. The molecule has 0 spiro atoms. The summed E-state index contributed by atoms with van der Waals surface area (Å²) in [6.45, 7) is 5.54. The largest absolute Gasteiger partial charge is 0.479 e. The lowest BCUT2D eigenvalue weighted by Crippen LogP contribution is -2.16. The highest BCUT2D eigenvalue weighted by molar-refractivity contribution is 6.05. The van der Waals surface area contributed by atoms with Crippen LogP contribution in [0.15, 0.2) is 18.3 Å². The van der Waals surface area contributed by atoms with E-state index in [-0.39, 0.29) is 11.8 Å². The third-order valence-corrected chi connectivity index (χ3v) is 3.48. The number of ether oxygens (including phenoxy) is 1. The third kappa shape index (κ3) is 3.35. The summed E-state index contributed by atoms with van der Waals surface area (Å²) in [6.07, 6.45) is 1.60. The van der Waals surface area contributed by atoms with Crippen LogP contribution in [0, 0.1) is 20.8 Å². The summed E-state index contributed by atoms with van der Waals surface area (Å²) in [5.41, 5.74) is 1.91. The number of nitrogens with one attached hydrogen (secondary N) is 1. The van der Waals surface area contributed by atoms with Gasteiger partial charge in [0, 0.05) is 31.1 Å². The van der Waals surface area contributed by atoms with Crippen LogP contribution in [0.25, 0.3) is 5.82 Å². The number of aromatic nitrogens is 6. The average molecular weight is 341 g/mol. The fraction of sp³-hybridized carbons (Fsp3) is 0.312. The van der Waals surface area contributed by atoms with Crippen molar-refractivity contribution in [1.82, 2.24) is 29.5 Å². The molecule has 0 aromatic carbocycles. The predicted octanol–water partition coefficient (Wildman–Crippen LogP) is 1.58. The number of anilines is 1. The van der Waals surface area contributed by atoms with Gasteiger partial charge in [0.15, 0.2) is 5.82 Å². The van der Waals surface area contributed by atoms with Gasteiger partial charge in [-0.1, -0.05) is 0 Å². The number of amides is 1. The molecule has 0 fully saturated rings. The third-order valence-electron chi connectivity index (χ3n) is 3.48. The molecule has 0 radical (unpaired) electrons. The average Bonchev–Trinajstić information content (AvgIpc) is 3.08. The van der Waals surface area contributed by atoms with E-state index in [1.165, 1.54) is 11.8 Å². The lowest BCUT2D eigenvalue weighted by atomic mass is 10.3. The maximum Gasteiger partial charge on any atom is 0.263 e. The molecule has 0 aliphatic carbocycles. The summed E-state index contributed by atoms with van der Waals surface area (Å²) in [5.74, 6) is 1.65. The van der Waals surface area contributed by atoms with Crippen molar-refractivity contribution in [3.63, 3.8) is 0 Å². The minimum Gasteiger partial charge on any atom is -0.479 e. The first-order chi connectivity index (χ1) is 11.9. The number of methoxy groups -OCH3 is 1. The van der Waals surface area contributed by atoms with Crippen molar-refractivity contribution in [2.75, 3.05) is 12.4 Å². The van der Waals surface area contributed by atoms with Crippen molar-refractivity contribution in [3.8, 4) is 11.7 Å². The van der Waals surface area contributed by atoms with Gasteiger partial charge in [0.2, 0.25) is 5.88 Å². The van der Waals surface area contributed by atoms with E-state index >= 15 is 0 Å². The van der Waals surface area contributed by atoms with E-state index in [1.54, 1.807) is 30.1 Å². The van der Waals surface area contributed by atoms with Crippen LogP contribution in [0.5, 0.6) is 5.88 Å². The molecule has 0 saturated carbocycles. The van der Waals surface area contributed by atoms with Gasteiger partial charge in [-0.3, -0.25) is 9.48 Å². The number of carbonyl (C=O) groups excluding carboxylic acids is 1. The van der Waals surface area contributed by atoms with Crippen molar-refractivity contribution in [2.24, 2.45) is 7.05 Å². The minimum absolute atomic E-state index is 0.261. The van der Waals surface area contributed by atoms with Crippen LogP contribution in [0.3, 0.4) is 0 Å². The number of carbonyl (C=O) groups is 1. The molecule has 0 bridgehead atoms. The van der Waals surface area contributed by atoms with Crippen LogP contribution >= 0.6 is 0 Å². The Balaban J connectivity index is 1.97. The van der Waals surface area contributed by atoms with Gasteiger partial charge in [-0.25, -0.2) is 9.97 Å². The van der Waals surface area contributed by atoms with E-state index in [0.29, 0.717) is 23.0 Å². The number of hydrogen-bond acceptors (Lipinski definition) is 6. The van der Waals surface area contributed by atoms with Gasteiger partial charge in [0.1, 0.15) is 17.2 Å². The minimum atomic E-state index is -0.339. The fourth-order valence-electron chi connectivity index (χ4n) is 2.53. The molecular weight excluding hydrogens is 322 g/mol. The number of aryl methyl sites for hydroxylation is 4. The lowest BCUT2D eigenvalue weighted by Gasteiger charge is -2.09. The SMILES string of the molecule is COc1nn(C)cc1C(=O)Nc1cc(C)nn1-c1cc(C)nc(C)n1. The number of nitrogens with zero attached hydrogens (tertiary/aromatic N) is 6. The highest BCUT2D eigenvalue weighted by Gasteiger charge is 2.19. The Bertz CT molecular complexity index is 922. The number of rotatable bonds is 4. The van der Waals surface area contributed by atoms with Gasteiger partial charge in [-0.2, -0.15) is 9.78 Å². The zero-order valence-electron chi connectivity index (χ0n) is 14.7. The van der Waals surface area contributed by atoms with E-state index in [1.807, 2.05) is 20.8 Å². The van der Waals surface area contributed by atoms with Gasteiger partial charge in [0.05, 0.1) is 12.8 Å². The maximum absolute atomic E-state index is 12.6. The Hall–Kier alpha value is -3.23. The van der Waals surface area contributed by atoms with Crippen LogP contribution in [-0.4, -0.2) is 42.5 Å². The molecule has 3 aromatic heterocycles. The Morgan fingerprint density at radius 2 is 1.88 bits per heavy atom. The van der Waals surface area contributed by atoms with Crippen molar-refractivity contribution in [2.45, 2.75) is 20.8 Å². The van der Waals surface area contributed by atoms with Gasteiger partial charge in [0.25, 0.3) is 5.91 Å². The molecule has 0 atom stereocenters. The smallest absolute Gasteiger partial charge is 0.263 e. The monoisotopic (exact) mass is 341 g/mol. The zero-order chi connectivity index (χ0) is 18.1. The highest BCUT2D eigenvalue weighted by Crippen LogP contribution is 2.20. The van der Waals surface area contributed by atoms with Crippen molar-refractivity contribution in [3.05, 3.63) is 41.1 Å². The van der Waals surface area contributed by atoms with E-state index < -0.39 is 0 Å². The van der Waals surface area contributed by atoms with Crippen molar-refractivity contribution in [1.29, 1.82) is 0 Å². The molecule has 3 rings (SSSR count). The summed E-state index contributed by atoms with van der Waals surface area (Å²) in [4.78, 5) is 21.3. The van der Waals surface area contributed by atoms with Gasteiger partial charge < -0.3 is 10.1 Å². The molecule has 9 heteroatoms. The van der Waals surface area contributed by atoms with Crippen LogP contribution in [0.4, 0.5) is 5.82 Å². The Morgan fingerprint density at radius 1 is 1.12 bits per heavy atom. The fourth-order valence-corrected chi connectivity index (χ4v) is 2.53. The Morgan fingerprint density at radius 3 is 2.56 bits per heavy atom. The van der Waals surface area contributed by atoms with Gasteiger partial charge >= 0.3 is 0 Å². The van der Waals surface area contributed by atoms with Crippen LogP contribution in [0.1, 0.15) is 27.6 Å². The second kappa shape index (κ2) is 6.34. The summed E-state index contributed by atoms with van der Waals surface area (Å²) >= 11 is 0. The normalized spacial score (nSPS) is 10.8. The molecule has 0 unspecified atom stereocenters. The molecule has 0 aliphatic rings. The molecule has 25 heavy (non-hydrogen) atoms. The molecule has 130 valence electrons.